The first kappa shape index (κ1) is 19.6. The summed E-state index contributed by atoms with van der Waals surface area (Å²) in [6.07, 6.45) is 3.05. The second-order valence-corrected chi connectivity index (χ2v) is 6.65. The number of methoxy groups -OCH3 is 1. The van der Waals surface area contributed by atoms with Crippen molar-refractivity contribution in [3.8, 4) is 11.4 Å². The van der Waals surface area contributed by atoms with Crippen molar-refractivity contribution in [3.05, 3.63) is 54.4 Å². The van der Waals surface area contributed by atoms with Gasteiger partial charge in [-0.2, -0.15) is 0 Å². The molecule has 2 heterocycles. The first-order valence-corrected chi connectivity index (χ1v) is 9.55. The Hall–Kier alpha value is -3.20. The van der Waals surface area contributed by atoms with E-state index in [0.29, 0.717) is 28.7 Å². The monoisotopic (exact) mass is 397 g/mol. The second kappa shape index (κ2) is 9.14. The Bertz CT molecular complexity index is 975. The zero-order chi connectivity index (χ0) is 19.9. The largest absolute Gasteiger partial charge is 0.465 e. The van der Waals surface area contributed by atoms with E-state index in [9.17, 15) is 9.59 Å². The minimum absolute atomic E-state index is 0.127. The van der Waals surface area contributed by atoms with Crippen molar-refractivity contribution in [2.45, 2.75) is 18.6 Å². The van der Waals surface area contributed by atoms with Crippen molar-refractivity contribution in [1.29, 1.82) is 0 Å². The zero-order valence-electron chi connectivity index (χ0n) is 15.5. The minimum Gasteiger partial charge on any atom is -0.465 e. The number of anilines is 1. The van der Waals surface area contributed by atoms with Crippen LogP contribution in [0.4, 0.5) is 5.69 Å². The lowest BCUT2D eigenvalue weighted by Crippen LogP contribution is -2.14. The van der Waals surface area contributed by atoms with Gasteiger partial charge in [0.1, 0.15) is 0 Å². The van der Waals surface area contributed by atoms with E-state index in [0.717, 1.165) is 5.69 Å². The molecule has 0 spiro atoms. The Morgan fingerprint density at radius 3 is 2.68 bits per heavy atom. The molecule has 8 nitrogen and oxygen atoms in total. The minimum atomic E-state index is -0.468. The average Bonchev–Trinajstić information content (AvgIpc) is 3.15. The van der Waals surface area contributed by atoms with Gasteiger partial charge >= 0.3 is 5.97 Å². The van der Waals surface area contributed by atoms with E-state index in [1.807, 2.05) is 41.8 Å². The number of carbonyl (C=O) groups excluding carboxylic acids is 2. The number of thioether (sulfide) groups is 1. The van der Waals surface area contributed by atoms with Crippen molar-refractivity contribution in [2.24, 2.45) is 0 Å². The summed E-state index contributed by atoms with van der Waals surface area (Å²) in [4.78, 5) is 28.0. The molecule has 3 aromatic rings. The van der Waals surface area contributed by atoms with E-state index in [-0.39, 0.29) is 11.7 Å². The van der Waals surface area contributed by atoms with Crippen LogP contribution in [0.15, 0.2) is 53.9 Å². The van der Waals surface area contributed by atoms with Crippen LogP contribution in [-0.2, 0) is 16.1 Å². The molecule has 0 aliphatic rings. The summed E-state index contributed by atoms with van der Waals surface area (Å²) >= 11 is 1.29. The van der Waals surface area contributed by atoms with Crippen molar-refractivity contribution in [3.63, 3.8) is 0 Å². The van der Waals surface area contributed by atoms with Crippen LogP contribution in [0.5, 0.6) is 0 Å². The van der Waals surface area contributed by atoms with Gasteiger partial charge in [-0.25, -0.2) is 4.79 Å². The summed E-state index contributed by atoms with van der Waals surface area (Å²) in [7, 11) is 1.32. The molecule has 9 heteroatoms. The maximum absolute atomic E-state index is 12.2. The number of aromatic nitrogens is 4. The molecule has 144 valence electrons. The van der Waals surface area contributed by atoms with Crippen molar-refractivity contribution < 1.29 is 14.3 Å². The molecule has 28 heavy (non-hydrogen) atoms. The van der Waals surface area contributed by atoms with Gasteiger partial charge in [-0.15, -0.1) is 10.2 Å². The second-order valence-electron chi connectivity index (χ2n) is 5.71. The standard InChI is InChI=1S/C19H19N5O3S/c1-3-24-17(13-9-14(11-20-10-13)18(26)27-2)22-23-19(24)28-12-16(25)21-15-7-5-4-6-8-15/h4-11H,3,12H2,1-2H3,(H,21,25). The van der Waals surface area contributed by atoms with E-state index < -0.39 is 5.97 Å². The van der Waals surface area contributed by atoms with E-state index in [1.165, 1.54) is 25.1 Å². The smallest absolute Gasteiger partial charge is 0.339 e. The zero-order valence-corrected chi connectivity index (χ0v) is 16.3. The summed E-state index contributed by atoms with van der Waals surface area (Å²) in [6, 6.07) is 10.9. The van der Waals surface area contributed by atoms with Gasteiger partial charge in [-0.1, -0.05) is 30.0 Å². The Morgan fingerprint density at radius 1 is 1.18 bits per heavy atom. The van der Waals surface area contributed by atoms with Gasteiger partial charge in [-0.3, -0.25) is 9.78 Å². The van der Waals surface area contributed by atoms with Gasteiger partial charge in [-0.05, 0) is 25.1 Å². The predicted molar refractivity (Wildman–Crippen MR) is 106 cm³/mol. The Kier molecular flexibility index (Phi) is 6.38. The number of para-hydroxylation sites is 1. The van der Waals surface area contributed by atoms with Crippen LogP contribution in [-0.4, -0.2) is 44.5 Å². The lowest BCUT2D eigenvalue weighted by Gasteiger charge is -2.08. The van der Waals surface area contributed by atoms with Crippen LogP contribution in [0.3, 0.4) is 0 Å². The molecule has 1 amide bonds. The fourth-order valence-electron chi connectivity index (χ4n) is 2.53. The molecule has 0 radical (unpaired) electrons. The number of hydrogen-bond donors (Lipinski definition) is 1. The third kappa shape index (κ3) is 4.55. The highest BCUT2D eigenvalue weighted by Crippen LogP contribution is 2.24. The molecule has 0 bridgehead atoms. The fourth-order valence-corrected chi connectivity index (χ4v) is 3.34. The molecule has 1 aromatic carbocycles. The number of nitrogens with one attached hydrogen (secondary N) is 1. The van der Waals surface area contributed by atoms with E-state index in [2.05, 4.69) is 20.5 Å². The van der Waals surface area contributed by atoms with Crippen LogP contribution < -0.4 is 5.32 Å². The van der Waals surface area contributed by atoms with Gasteiger partial charge in [0.25, 0.3) is 0 Å². The molecule has 0 saturated heterocycles. The first-order chi connectivity index (χ1) is 13.6. The first-order valence-electron chi connectivity index (χ1n) is 8.57. The van der Waals surface area contributed by atoms with Crippen molar-refractivity contribution in [1.82, 2.24) is 19.7 Å². The van der Waals surface area contributed by atoms with E-state index >= 15 is 0 Å². The van der Waals surface area contributed by atoms with Crippen LogP contribution in [0.25, 0.3) is 11.4 Å². The maximum Gasteiger partial charge on any atom is 0.339 e. The molecule has 0 atom stereocenters. The van der Waals surface area contributed by atoms with Gasteiger partial charge in [0.2, 0.25) is 5.91 Å². The Balaban J connectivity index is 1.73. The molecule has 0 aliphatic carbocycles. The molecule has 1 N–H and O–H groups in total. The third-order valence-corrected chi connectivity index (χ3v) is 4.81. The van der Waals surface area contributed by atoms with Crippen LogP contribution in [0, 0.1) is 0 Å². The third-order valence-electron chi connectivity index (χ3n) is 3.84. The molecule has 0 saturated carbocycles. The SMILES string of the molecule is CCn1c(SCC(=O)Nc2ccccc2)nnc1-c1cncc(C(=O)OC)c1. The molecule has 3 rings (SSSR count). The molecule has 0 fully saturated rings. The number of carbonyl (C=O) groups is 2. The molecular formula is C19H19N5O3S. The number of esters is 1. The summed E-state index contributed by atoms with van der Waals surface area (Å²) in [5.41, 5.74) is 1.73. The van der Waals surface area contributed by atoms with E-state index in [4.69, 9.17) is 4.74 Å². The number of amides is 1. The van der Waals surface area contributed by atoms with Gasteiger partial charge in [0, 0.05) is 30.2 Å². The van der Waals surface area contributed by atoms with Gasteiger partial charge < -0.3 is 14.6 Å². The summed E-state index contributed by atoms with van der Waals surface area (Å²) in [5.74, 6) is 0.182. The van der Waals surface area contributed by atoms with Gasteiger partial charge in [0.15, 0.2) is 11.0 Å². The highest BCUT2D eigenvalue weighted by Gasteiger charge is 2.16. The quantitative estimate of drug-likeness (QED) is 0.483. The van der Waals surface area contributed by atoms with E-state index in [1.54, 1.807) is 12.3 Å². The number of ether oxygens (including phenoxy) is 1. The molecule has 0 unspecified atom stereocenters. The van der Waals surface area contributed by atoms with Crippen LogP contribution >= 0.6 is 11.8 Å². The number of nitrogens with zero attached hydrogens (tertiary/aromatic N) is 4. The summed E-state index contributed by atoms with van der Waals surface area (Å²) in [5, 5.41) is 11.9. The highest BCUT2D eigenvalue weighted by atomic mass is 32.2. The summed E-state index contributed by atoms with van der Waals surface area (Å²) < 4.78 is 6.61. The average molecular weight is 397 g/mol. The summed E-state index contributed by atoms with van der Waals surface area (Å²) in [6.45, 7) is 2.56. The number of benzene rings is 1. The lowest BCUT2D eigenvalue weighted by atomic mass is 10.2. The number of pyridine rings is 1. The maximum atomic E-state index is 12.2. The number of rotatable bonds is 7. The molecule has 0 aliphatic heterocycles. The lowest BCUT2D eigenvalue weighted by molar-refractivity contribution is -0.113. The Labute approximate surface area is 166 Å². The van der Waals surface area contributed by atoms with Gasteiger partial charge in [0.05, 0.1) is 18.4 Å². The van der Waals surface area contributed by atoms with Crippen LogP contribution in [0.2, 0.25) is 0 Å². The van der Waals surface area contributed by atoms with Crippen LogP contribution in [0.1, 0.15) is 17.3 Å². The fraction of sp³-hybridized carbons (Fsp3) is 0.211. The van der Waals surface area contributed by atoms with Crippen molar-refractivity contribution in [2.75, 3.05) is 18.2 Å². The molecule has 2 aromatic heterocycles. The Morgan fingerprint density at radius 2 is 1.96 bits per heavy atom. The predicted octanol–water partition coefficient (Wildman–Crippen LogP) is 2.88. The number of hydrogen-bond acceptors (Lipinski definition) is 7. The molecular weight excluding hydrogens is 378 g/mol. The normalized spacial score (nSPS) is 10.5. The highest BCUT2D eigenvalue weighted by molar-refractivity contribution is 7.99. The van der Waals surface area contributed by atoms with Crippen molar-refractivity contribution >= 4 is 29.3 Å². The topological polar surface area (TPSA) is 99.0 Å².